The fourth-order valence-corrected chi connectivity index (χ4v) is 1.73. The number of nitrogens with two attached hydrogens (primary N) is 1. The highest BCUT2D eigenvalue weighted by molar-refractivity contribution is 6.00. The Hall–Kier alpha value is -1.26. The second-order valence-corrected chi connectivity index (χ2v) is 5.26. The van der Waals surface area contributed by atoms with Crippen molar-refractivity contribution in [3.63, 3.8) is 0 Å². The van der Waals surface area contributed by atoms with E-state index in [0.29, 0.717) is 0 Å². The molecule has 0 saturated heterocycles. The fraction of sp³-hybridized carbons (Fsp3) is 0.500. The van der Waals surface area contributed by atoms with Crippen molar-refractivity contribution in [1.82, 2.24) is 0 Å². The van der Waals surface area contributed by atoms with Gasteiger partial charge >= 0.3 is 0 Å². The third-order valence-corrected chi connectivity index (χ3v) is 3.04. The van der Waals surface area contributed by atoms with Gasteiger partial charge in [-0.25, -0.2) is 0 Å². The lowest BCUT2D eigenvalue weighted by Crippen LogP contribution is -2.37. The maximum Gasteiger partial charge on any atom is 0.244 e. The zero-order chi connectivity index (χ0) is 13.3. The van der Waals surface area contributed by atoms with Crippen molar-refractivity contribution in [2.75, 3.05) is 5.32 Å². The van der Waals surface area contributed by atoms with Crippen molar-refractivity contribution >= 4 is 24.0 Å². The Morgan fingerprint density at radius 1 is 1.42 bits per heavy atom. The molecule has 1 fully saturated rings. The van der Waals surface area contributed by atoms with Crippen LogP contribution < -0.4 is 15.8 Å². The third kappa shape index (κ3) is 3.85. The summed E-state index contributed by atoms with van der Waals surface area (Å²) < 4.78 is 5.65. The van der Waals surface area contributed by atoms with Crippen LogP contribution in [0, 0.1) is 6.92 Å². The highest BCUT2D eigenvalue weighted by atomic mass is 35.5. The number of aryl methyl sites for hydroxylation is 1. The highest BCUT2D eigenvalue weighted by Crippen LogP contribution is 2.33. The third-order valence-electron chi connectivity index (χ3n) is 3.04. The minimum Gasteiger partial charge on any atom is -0.491 e. The number of halogens is 1. The molecular formula is C14H21ClN2O2. The predicted octanol–water partition coefficient (Wildman–Crippen LogP) is 2.63. The molecule has 1 aromatic rings. The number of benzene rings is 1. The zero-order valence-electron chi connectivity index (χ0n) is 11.5. The van der Waals surface area contributed by atoms with E-state index in [4.69, 9.17) is 10.5 Å². The Kier molecular flexibility index (Phi) is 4.82. The summed E-state index contributed by atoms with van der Waals surface area (Å²) in [6.07, 6.45) is 1.68. The lowest BCUT2D eigenvalue weighted by Gasteiger charge is -2.15. The molecule has 1 aromatic carbocycles. The monoisotopic (exact) mass is 284 g/mol. The van der Waals surface area contributed by atoms with Crippen LogP contribution in [0.3, 0.4) is 0 Å². The number of amides is 1. The number of anilines is 1. The van der Waals surface area contributed by atoms with Crippen LogP contribution in [0.15, 0.2) is 18.2 Å². The Morgan fingerprint density at radius 3 is 2.53 bits per heavy atom. The van der Waals surface area contributed by atoms with Crippen LogP contribution in [0.1, 0.15) is 32.3 Å². The fourth-order valence-electron chi connectivity index (χ4n) is 1.73. The maximum absolute atomic E-state index is 11.8. The second-order valence-electron chi connectivity index (χ2n) is 5.26. The summed E-state index contributed by atoms with van der Waals surface area (Å²) in [5, 5.41) is 2.85. The van der Waals surface area contributed by atoms with Crippen LogP contribution in [0.25, 0.3) is 0 Å². The highest BCUT2D eigenvalue weighted by Gasteiger charge is 2.45. The quantitative estimate of drug-likeness (QED) is 0.893. The summed E-state index contributed by atoms with van der Waals surface area (Å²) in [5.74, 6) is 0.747. The minimum atomic E-state index is -0.638. The van der Waals surface area contributed by atoms with E-state index in [9.17, 15) is 4.79 Å². The van der Waals surface area contributed by atoms with E-state index in [1.54, 1.807) is 0 Å². The number of carbonyl (C=O) groups excluding carboxylic acids is 1. The average Bonchev–Trinajstić information content (AvgIpc) is 3.01. The van der Waals surface area contributed by atoms with Crippen LogP contribution in [0.2, 0.25) is 0 Å². The normalized spacial score (nSPS) is 15.6. The molecule has 0 spiro atoms. The van der Waals surface area contributed by atoms with Gasteiger partial charge in [0, 0.05) is 5.69 Å². The first-order valence-electron chi connectivity index (χ1n) is 6.28. The number of hydrogen-bond acceptors (Lipinski definition) is 3. The van der Waals surface area contributed by atoms with E-state index in [1.165, 1.54) is 0 Å². The zero-order valence-corrected chi connectivity index (χ0v) is 12.3. The Bertz CT molecular complexity index is 471. The van der Waals surface area contributed by atoms with Gasteiger partial charge < -0.3 is 15.8 Å². The number of carbonyl (C=O) groups is 1. The van der Waals surface area contributed by atoms with Gasteiger partial charge in [-0.05, 0) is 57.4 Å². The van der Waals surface area contributed by atoms with Gasteiger partial charge in [-0.15, -0.1) is 12.4 Å². The van der Waals surface area contributed by atoms with Gasteiger partial charge in [-0.1, -0.05) is 0 Å². The van der Waals surface area contributed by atoms with Crippen LogP contribution in [0.4, 0.5) is 5.69 Å². The van der Waals surface area contributed by atoms with E-state index in [-0.39, 0.29) is 24.4 Å². The molecule has 3 N–H and O–H groups in total. The van der Waals surface area contributed by atoms with Crippen LogP contribution in [-0.4, -0.2) is 17.6 Å². The molecule has 0 aromatic heterocycles. The summed E-state index contributed by atoms with van der Waals surface area (Å²) in [6, 6.07) is 5.62. The molecule has 1 amide bonds. The van der Waals surface area contributed by atoms with Gasteiger partial charge in [0.2, 0.25) is 5.91 Å². The van der Waals surface area contributed by atoms with E-state index in [1.807, 2.05) is 39.0 Å². The number of nitrogens with one attached hydrogen (secondary N) is 1. The summed E-state index contributed by atoms with van der Waals surface area (Å²) in [4.78, 5) is 11.8. The molecule has 0 radical (unpaired) electrons. The first-order valence-corrected chi connectivity index (χ1v) is 6.28. The summed E-state index contributed by atoms with van der Waals surface area (Å²) in [6.45, 7) is 5.93. The van der Waals surface area contributed by atoms with Gasteiger partial charge in [0.1, 0.15) is 5.75 Å². The van der Waals surface area contributed by atoms with Crippen molar-refractivity contribution in [2.24, 2.45) is 5.73 Å². The Balaban J connectivity index is 0.00000180. The minimum absolute atomic E-state index is 0. The molecule has 0 atom stereocenters. The first kappa shape index (κ1) is 15.8. The molecule has 1 aliphatic carbocycles. The van der Waals surface area contributed by atoms with Crippen LogP contribution >= 0.6 is 12.4 Å². The van der Waals surface area contributed by atoms with Crippen molar-refractivity contribution in [3.05, 3.63) is 23.8 Å². The molecule has 2 rings (SSSR count). The van der Waals surface area contributed by atoms with Crippen LogP contribution in [0.5, 0.6) is 5.75 Å². The van der Waals surface area contributed by atoms with Gasteiger partial charge in [-0.2, -0.15) is 0 Å². The topological polar surface area (TPSA) is 64.4 Å². The molecule has 1 aliphatic rings. The second kappa shape index (κ2) is 5.80. The molecule has 106 valence electrons. The average molecular weight is 285 g/mol. The number of rotatable bonds is 4. The molecular weight excluding hydrogens is 264 g/mol. The van der Waals surface area contributed by atoms with Gasteiger partial charge in [0.05, 0.1) is 11.6 Å². The standard InChI is InChI=1S/C14H20N2O2.ClH/c1-9(2)18-12-5-4-11(8-10(12)3)16-13(17)14(15)6-7-14;/h4-5,8-9H,6-7,15H2,1-3H3,(H,16,17);1H. The molecule has 19 heavy (non-hydrogen) atoms. The SMILES string of the molecule is Cc1cc(NC(=O)C2(N)CC2)ccc1OC(C)C.Cl. The Morgan fingerprint density at radius 2 is 2.05 bits per heavy atom. The molecule has 0 unspecified atom stereocenters. The maximum atomic E-state index is 11.8. The number of hydrogen-bond donors (Lipinski definition) is 2. The lowest BCUT2D eigenvalue weighted by atomic mass is 10.2. The van der Waals surface area contributed by atoms with Gasteiger partial charge in [-0.3, -0.25) is 4.79 Å². The van der Waals surface area contributed by atoms with E-state index in [2.05, 4.69) is 5.32 Å². The summed E-state index contributed by atoms with van der Waals surface area (Å²) in [5.41, 5.74) is 6.97. The van der Waals surface area contributed by atoms with E-state index >= 15 is 0 Å². The van der Waals surface area contributed by atoms with Gasteiger partial charge in [0.15, 0.2) is 0 Å². The molecule has 0 heterocycles. The van der Waals surface area contributed by atoms with Gasteiger partial charge in [0.25, 0.3) is 0 Å². The molecule has 5 heteroatoms. The molecule has 4 nitrogen and oxygen atoms in total. The van der Waals surface area contributed by atoms with E-state index < -0.39 is 5.54 Å². The summed E-state index contributed by atoms with van der Waals surface area (Å²) >= 11 is 0. The predicted molar refractivity (Wildman–Crippen MR) is 79.0 cm³/mol. The van der Waals surface area contributed by atoms with Crippen molar-refractivity contribution in [2.45, 2.75) is 45.3 Å². The van der Waals surface area contributed by atoms with Crippen molar-refractivity contribution < 1.29 is 9.53 Å². The molecule has 0 aliphatic heterocycles. The van der Waals surface area contributed by atoms with Crippen molar-refractivity contribution in [3.8, 4) is 5.75 Å². The van der Waals surface area contributed by atoms with Crippen LogP contribution in [-0.2, 0) is 4.79 Å². The number of ether oxygens (including phenoxy) is 1. The largest absolute Gasteiger partial charge is 0.491 e. The lowest BCUT2D eigenvalue weighted by molar-refractivity contribution is -0.118. The van der Waals surface area contributed by atoms with E-state index in [0.717, 1.165) is 29.8 Å². The Labute approximate surface area is 120 Å². The summed E-state index contributed by atoms with van der Waals surface area (Å²) in [7, 11) is 0. The smallest absolute Gasteiger partial charge is 0.244 e. The first-order chi connectivity index (χ1) is 8.40. The van der Waals surface area contributed by atoms with Crippen molar-refractivity contribution in [1.29, 1.82) is 0 Å². The molecule has 1 saturated carbocycles. The molecule has 0 bridgehead atoms.